The van der Waals surface area contributed by atoms with E-state index in [-0.39, 0.29) is 0 Å². The minimum Gasteiger partial charge on any atom is -0.305 e. The largest absolute Gasteiger partial charge is 0.305 e. The van der Waals surface area contributed by atoms with Crippen LogP contribution in [0.5, 0.6) is 0 Å². The molecule has 3 aromatic heterocycles. The number of hydrogen-bond donors (Lipinski definition) is 0. The summed E-state index contributed by atoms with van der Waals surface area (Å²) in [5.41, 5.74) is 20.4. The van der Waals surface area contributed by atoms with Gasteiger partial charge in [-0.05, 0) is 59.7 Å². The Morgan fingerprint density at radius 2 is 0.488 bits per heavy atom. The Bertz CT molecular complexity index is 4510. The van der Waals surface area contributed by atoms with Crippen LogP contribution in [0.25, 0.3) is 113 Å². The van der Waals surface area contributed by atoms with Crippen molar-refractivity contribution in [3.05, 3.63) is 315 Å². The fourth-order valence-electron chi connectivity index (χ4n) is 11.7. The van der Waals surface area contributed by atoms with E-state index in [9.17, 15) is 0 Å². The van der Waals surface area contributed by atoms with Crippen LogP contribution in [-0.4, -0.2) is 29.9 Å². The lowest BCUT2D eigenvalue weighted by Crippen LogP contribution is -2.26. The van der Waals surface area contributed by atoms with Crippen LogP contribution in [0.2, 0.25) is 0 Å². The molecule has 11 aromatic carbocycles. The summed E-state index contributed by atoms with van der Waals surface area (Å²) in [5.74, 6) is 1.68. The normalized spacial score (nSPS) is 11.7. The van der Waals surface area contributed by atoms with Gasteiger partial charge in [-0.25, -0.2) is 29.9 Å². The second-order valence-electron chi connectivity index (χ2n) is 21.0. The van der Waals surface area contributed by atoms with Gasteiger partial charge in [0.1, 0.15) is 0 Å². The van der Waals surface area contributed by atoms with Crippen LogP contribution in [0.4, 0.5) is 34.4 Å². The SMILES string of the molecule is c1ccc(-c2cc(-c3c(-c4ccccc4)c(-c4nc(-c5ccccc5)cc(-c5ccccc5)n4)cc(-c4ccccc4)c3N3c4ccccc4N(c4nc(-c5ccccc5)cc(-c5ccccc5)n4)c4ccccc43)nc(-c3ccccc3)n2)cc1. The zero-order valence-electron chi connectivity index (χ0n) is 46.6. The highest BCUT2D eigenvalue weighted by Gasteiger charge is 2.37. The zero-order valence-corrected chi connectivity index (χ0v) is 46.6. The highest BCUT2D eigenvalue weighted by atomic mass is 15.3. The van der Waals surface area contributed by atoms with Gasteiger partial charge in [0.25, 0.3) is 0 Å². The lowest BCUT2D eigenvalue weighted by molar-refractivity contribution is 1.06. The summed E-state index contributed by atoms with van der Waals surface area (Å²) in [5, 5.41) is 0. The maximum atomic E-state index is 5.78. The summed E-state index contributed by atoms with van der Waals surface area (Å²) in [6.45, 7) is 0. The van der Waals surface area contributed by atoms with E-state index in [1.165, 1.54) is 0 Å². The number of anilines is 6. The topological polar surface area (TPSA) is 83.8 Å². The Kier molecular flexibility index (Phi) is 13.4. The molecule has 1 aliphatic rings. The van der Waals surface area contributed by atoms with Gasteiger partial charge in [0, 0.05) is 55.6 Å². The molecule has 0 saturated carbocycles. The lowest BCUT2D eigenvalue weighted by Gasteiger charge is -2.41. The molecule has 0 bridgehead atoms. The summed E-state index contributed by atoms with van der Waals surface area (Å²) in [7, 11) is 0. The van der Waals surface area contributed by atoms with E-state index >= 15 is 0 Å². The smallest absolute Gasteiger partial charge is 0.235 e. The molecule has 4 heterocycles. The molecular weight excluding hydrogens is 1050 g/mol. The molecule has 1 aliphatic heterocycles. The summed E-state index contributed by atoms with van der Waals surface area (Å²) in [6.07, 6.45) is 0. The monoisotopic (exact) mass is 1100 g/mol. The van der Waals surface area contributed by atoms with Crippen LogP contribution >= 0.6 is 0 Å². The van der Waals surface area contributed by atoms with Crippen molar-refractivity contribution in [3.8, 4) is 113 Å². The van der Waals surface area contributed by atoms with Gasteiger partial charge in [0.2, 0.25) is 5.95 Å². The molecule has 404 valence electrons. The summed E-state index contributed by atoms with van der Waals surface area (Å²) in [6, 6.07) is 109. The molecule has 0 fully saturated rings. The minimum atomic E-state index is 0.536. The Morgan fingerprint density at radius 3 is 0.884 bits per heavy atom. The molecule has 0 spiro atoms. The second kappa shape index (κ2) is 22.5. The van der Waals surface area contributed by atoms with Crippen molar-refractivity contribution in [3.63, 3.8) is 0 Å². The summed E-state index contributed by atoms with van der Waals surface area (Å²) in [4.78, 5) is 38.0. The number of benzene rings is 11. The Hall–Kier alpha value is -11.7. The first-order chi connectivity index (χ1) is 42.7. The van der Waals surface area contributed by atoms with Crippen molar-refractivity contribution in [1.82, 2.24) is 29.9 Å². The number of rotatable bonds is 12. The van der Waals surface area contributed by atoms with Crippen LogP contribution in [0.3, 0.4) is 0 Å². The maximum Gasteiger partial charge on any atom is 0.235 e. The predicted molar refractivity (Wildman–Crippen MR) is 350 cm³/mol. The van der Waals surface area contributed by atoms with Crippen LogP contribution in [0.1, 0.15) is 0 Å². The molecule has 8 heteroatoms. The minimum absolute atomic E-state index is 0.536. The average molecular weight is 1100 g/mol. The molecule has 0 atom stereocenters. The van der Waals surface area contributed by atoms with E-state index in [0.29, 0.717) is 23.3 Å². The first kappa shape index (κ1) is 51.2. The summed E-state index contributed by atoms with van der Waals surface area (Å²) >= 11 is 0. The molecule has 0 radical (unpaired) electrons. The first-order valence-electron chi connectivity index (χ1n) is 28.8. The molecule has 0 unspecified atom stereocenters. The van der Waals surface area contributed by atoms with Crippen molar-refractivity contribution in [2.75, 3.05) is 9.80 Å². The number of fused-ring (bicyclic) bond motifs is 2. The predicted octanol–water partition coefficient (Wildman–Crippen LogP) is 20.0. The van der Waals surface area contributed by atoms with Crippen LogP contribution in [-0.2, 0) is 0 Å². The summed E-state index contributed by atoms with van der Waals surface area (Å²) < 4.78 is 0. The maximum absolute atomic E-state index is 5.78. The molecule has 14 aromatic rings. The van der Waals surface area contributed by atoms with Crippen LogP contribution in [0.15, 0.2) is 315 Å². The Balaban J connectivity index is 1.09. The van der Waals surface area contributed by atoms with Crippen LogP contribution in [0, 0.1) is 0 Å². The van der Waals surface area contributed by atoms with E-state index in [1.807, 2.05) is 48.5 Å². The Morgan fingerprint density at radius 1 is 0.198 bits per heavy atom. The average Bonchev–Trinajstić information content (AvgIpc) is 1.07. The number of hydrogen-bond acceptors (Lipinski definition) is 8. The quantitative estimate of drug-likeness (QED) is 0.120. The molecule has 8 nitrogen and oxygen atoms in total. The van der Waals surface area contributed by atoms with Gasteiger partial charge in [-0.15, -0.1) is 0 Å². The molecule has 86 heavy (non-hydrogen) atoms. The van der Waals surface area contributed by atoms with Gasteiger partial charge < -0.3 is 4.90 Å². The van der Waals surface area contributed by atoms with Gasteiger partial charge >= 0.3 is 0 Å². The third kappa shape index (κ3) is 9.72. The third-order valence-corrected chi connectivity index (χ3v) is 15.6. The molecule has 0 saturated heterocycles. The molecule has 0 aliphatic carbocycles. The van der Waals surface area contributed by atoms with E-state index < -0.39 is 0 Å². The van der Waals surface area contributed by atoms with Gasteiger partial charge in [-0.1, -0.05) is 267 Å². The fourth-order valence-corrected chi connectivity index (χ4v) is 11.7. The second-order valence-corrected chi connectivity index (χ2v) is 21.0. The molecule has 15 rings (SSSR count). The van der Waals surface area contributed by atoms with Crippen molar-refractivity contribution in [2.24, 2.45) is 0 Å². The zero-order chi connectivity index (χ0) is 57.2. The molecule has 0 N–H and O–H groups in total. The number of aromatic nitrogens is 6. The van der Waals surface area contributed by atoms with E-state index in [1.54, 1.807) is 0 Å². The third-order valence-electron chi connectivity index (χ3n) is 15.6. The Labute approximate surface area is 499 Å². The standard InChI is InChI=1S/C78H52N8/c1-9-29-53(30-10-1)61-49-62(77-80-63(54-31-11-2-12-32-54)50-64(81-77)55-33-13-3-14-34-55)73(59-41-21-7-22-42-59)74(68-52-65(56-35-15-4-16-36-56)79-76(82-68)60-43-23-8-24-44-60)75(61)85-69-45-25-27-47-71(69)86(72-48-28-26-46-70(72)85)78-83-66(57-37-17-5-18-38-57)51-67(84-78)58-39-19-6-20-40-58/h1-52H. The lowest BCUT2D eigenvalue weighted by atomic mass is 9.84. The van der Waals surface area contributed by atoms with Crippen molar-refractivity contribution in [2.45, 2.75) is 0 Å². The van der Waals surface area contributed by atoms with Gasteiger partial charge in [0.05, 0.1) is 62.6 Å². The van der Waals surface area contributed by atoms with E-state index in [0.717, 1.165) is 124 Å². The van der Waals surface area contributed by atoms with Gasteiger partial charge in [0.15, 0.2) is 11.6 Å². The van der Waals surface area contributed by atoms with E-state index in [4.69, 9.17) is 29.9 Å². The molecular formula is C78H52N8. The van der Waals surface area contributed by atoms with Crippen molar-refractivity contribution < 1.29 is 0 Å². The van der Waals surface area contributed by atoms with Crippen molar-refractivity contribution >= 4 is 34.4 Å². The fraction of sp³-hybridized carbons (Fsp3) is 0. The van der Waals surface area contributed by atoms with Gasteiger partial charge in [-0.2, -0.15) is 0 Å². The highest BCUT2D eigenvalue weighted by molar-refractivity contribution is 6.12. The number of para-hydroxylation sites is 4. The van der Waals surface area contributed by atoms with Gasteiger partial charge in [-0.3, -0.25) is 4.90 Å². The number of nitrogens with zero attached hydrogens (tertiary/aromatic N) is 8. The first-order valence-corrected chi connectivity index (χ1v) is 28.8. The van der Waals surface area contributed by atoms with E-state index in [2.05, 4.69) is 277 Å². The van der Waals surface area contributed by atoms with Crippen LogP contribution < -0.4 is 9.80 Å². The highest BCUT2D eigenvalue weighted by Crippen LogP contribution is 2.60. The van der Waals surface area contributed by atoms with Crippen molar-refractivity contribution in [1.29, 1.82) is 0 Å². The molecule has 0 amide bonds.